The molecule has 1 N–H and O–H groups in total. The van der Waals surface area contributed by atoms with Crippen LogP contribution < -0.4 is 5.32 Å². The van der Waals surface area contributed by atoms with Crippen LogP contribution in [0.5, 0.6) is 0 Å². The summed E-state index contributed by atoms with van der Waals surface area (Å²) in [6.45, 7) is 7.01. The molecule has 2 amide bonds. The lowest BCUT2D eigenvalue weighted by Crippen LogP contribution is -2.37. The van der Waals surface area contributed by atoms with Gasteiger partial charge in [0.15, 0.2) is 0 Å². The summed E-state index contributed by atoms with van der Waals surface area (Å²) in [7, 11) is -3.84. The van der Waals surface area contributed by atoms with Crippen molar-refractivity contribution in [3.8, 4) is 0 Å². The monoisotopic (exact) mass is 389 g/mol. The molecule has 2 rings (SSSR count). The van der Waals surface area contributed by atoms with Crippen molar-refractivity contribution in [1.29, 1.82) is 0 Å². The number of benzene rings is 1. The van der Waals surface area contributed by atoms with E-state index in [0.29, 0.717) is 6.54 Å². The summed E-state index contributed by atoms with van der Waals surface area (Å²) < 4.78 is 25.5. The minimum atomic E-state index is -3.84. The number of halogens is 1. The molecule has 140 valence electrons. The van der Waals surface area contributed by atoms with E-state index in [2.05, 4.69) is 10.2 Å². The number of hydrogen-bond donors (Lipinski definition) is 1. The lowest BCUT2D eigenvalue weighted by atomic mass is 10.2. The Kier molecular flexibility index (Phi) is 7.85. The van der Waals surface area contributed by atoms with Crippen LogP contribution in [0.15, 0.2) is 29.2 Å². The van der Waals surface area contributed by atoms with Crippen molar-refractivity contribution in [3.63, 3.8) is 0 Å². The molecule has 9 heteroatoms. The minimum Gasteiger partial charge on any atom is -0.355 e. The van der Waals surface area contributed by atoms with Gasteiger partial charge in [-0.1, -0.05) is 26.0 Å². The van der Waals surface area contributed by atoms with Crippen molar-refractivity contribution in [2.45, 2.75) is 25.2 Å². The molecule has 7 nitrogen and oxygen atoms in total. The molecule has 1 aliphatic heterocycles. The van der Waals surface area contributed by atoms with Gasteiger partial charge in [0, 0.05) is 26.1 Å². The van der Waals surface area contributed by atoms with Gasteiger partial charge in [-0.15, -0.1) is 12.4 Å². The van der Waals surface area contributed by atoms with Crippen LogP contribution in [0.2, 0.25) is 0 Å². The molecule has 0 spiro atoms. The summed E-state index contributed by atoms with van der Waals surface area (Å²) in [6, 6.07) is 6.09. The highest BCUT2D eigenvalue weighted by atomic mass is 35.5. The average Bonchev–Trinajstić information content (AvgIpc) is 2.77. The molecule has 1 aromatic carbocycles. The summed E-state index contributed by atoms with van der Waals surface area (Å²) >= 11 is 0. The van der Waals surface area contributed by atoms with E-state index in [-0.39, 0.29) is 41.7 Å². The van der Waals surface area contributed by atoms with E-state index in [9.17, 15) is 18.0 Å². The van der Waals surface area contributed by atoms with Gasteiger partial charge in [-0.25, -0.2) is 12.7 Å². The molecule has 0 aromatic heterocycles. The van der Waals surface area contributed by atoms with Crippen molar-refractivity contribution in [3.05, 3.63) is 29.8 Å². The van der Waals surface area contributed by atoms with Crippen LogP contribution in [-0.4, -0.2) is 62.2 Å². The highest BCUT2D eigenvalue weighted by Gasteiger charge is 2.40. The van der Waals surface area contributed by atoms with Crippen molar-refractivity contribution >= 4 is 34.2 Å². The molecule has 0 unspecified atom stereocenters. The molecular formula is C16H24ClN3O4S. The van der Waals surface area contributed by atoms with Gasteiger partial charge in [0.05, 0.1) is 5.56 Å². The second-order valence-electron chi connectivity index (χ2n) is 5.51. The van der Waals surface area contributed by atoms with Gasteiger partial charge in [-0.05, 0) is 25.2 Å². The van der Waals surface area contributed by atoms with Crippen molar-refractivity contribution in [2.24, 2.45) is 0 Å². The molecule has 25 heavy (non-hydrogen) atoms. The Balaban J connectivity index is 0.00000312. The molecule has 1 aromatic rings. The van der Waals surface area contributed by atoms with Crippen LogP contribution in [0, 0.1) is 0 Å². The van der Waals surface area contributed by atoms with E-state index < -0.39 is 15.9 Å². The SMILES string of the molecule is CCN(CC)CCNC(=O)CCN1C(=O)c2ccccc2S1(=O)=O.Cl. The van der Waals surface area contributed by atoms with Crippen LogP contribution >= 0.6 is 12.4 Å². The van der Waals surface area contributed by atoms with Gasteiger partial charge in [0.25, 0.3) is 15.9 Å². The quantitative estimate of drug-likeness (QED) is 0.719. The lowest BCUT2D eigenvalue weighted by Gasteiger charge is -2.18. The summed E-state index contributed by atoms with van der Waals surface area (Å²) in [5, 5.41) is 2.76. The highest BCUT2D eigenvalue weighted by Crippen LogP contribution is 2.29. The first-order valence-electron chi connectivity index (χ1n) is 8.07. The molecule has 0 atom stereocenters. The van der Waals surface area contributed by atoms with E-state index in [0.717, 1.165) is 23.9 Å². The Labute approximate surface area is 154 Å². The first-order valence-corrected chi connectivity index (χ1v) is 9.51. The Morgan fingerprint density at radius 2 is 1.84 bits per heavy atom. The van der Waals surface area contributed by atoms with Gasteiger partial charge >= 0.3 is 0 Å². The summed E-state index contributed by atoms with van der Waals surface area (Å²) in [6.07, 6.45) is -0.0444. The first-order chi connectivity index (χ1) is 11.4. The van der Waals surface area contributed by atoms with Crippen LogP contribution in [0.1, 0.15) is 30.6 Å². The molecule has 0 radical (unpaired) electrons. The molecule has 0 fully saturated rings. The average molecular weight is 390 g/mol. The number of nitrogens with one attached hydrogen (secondary N) is 1. The maximum absolute atomic E-state index is 12.4. The summed E-state index contributed by atoms with van der Waals surface area (Å²) in [5.74, 6) is -0.831. The topological polar surface area (TPSA) is 86.8 Å². The molecule has 1 aliphatic rings. The van der Waals surface area contributed by atoms with E-state index >= 15 is 0 Å². The first kappa shape index (κ1) is 21.4. The number of sulfonamides is 1. The Morgan fingerprint density at radius 1 is 1.20 bits per heavy atom. The Morgan fingerprint density at radius 3 is 2.44 bits per heavy atom. The molecule has 0 saturated heterocycles. The number of fused-ring (bicyclic) bond motifs is 1. The van der Waals surface area contributed by atoms with Gasteiger partial charge in [0.1, 0.15) is 4.90 Å². The third-order valence-corrected chi connectivity index (χ3v) is 5.94. The molecule has 1 heterocycles. The molecule has 0 saturated carbocycles. The fourth-order valence-corrected chi connectivity index (χ4v) is 4.21. The van der Waals surface area contributed by atoms with Crippen molar-refractivity contribution in [2.75, 3.05) is 32.7 Å². The zero-order valence-corrected chi connectivity index (χ0v) is 16.0. The summed E-state index contributed by atoms with van der Waals surface area (Å²) in [5.41, 5.74) is 0.166. The van der Waals surface area contributed by atoms with E-state index in [1.807, 2.05) is 13.8 Å². The van der Waals surface area contributed by atoms with Gasteiger partial charge in [0.2, 0.25) is 5.91 Å². The normalized spacial score (nSPS) is 15.0. The minimum absolute atomic E-state index is 0. The fourth-order valence-electron chi connectivity index (χ4n) is 2.64. The second kappa shape index (κ2) is 9.17. The van der Waals surface area contributed by atoms with Crippen molar-refractivity contribution in [1.82, 2.24) is 14.5 Å². The smallest absolute Gasteiger partial charge is 0.269 e. The fraction of sp³-hybridized carbons (Fsp3) is 0.500. The van der Waals surface area contributed by atoms with Crippen LogP contribution in [0.3, 0.4) is 0 Å². The third-order valence-electron chi connectivity index (χ3n) is 4.10. The number of carbonyl (C=O) groups excluding carboxylic acids is 2. The highest BCUT2D eigenvalue weighted by molar-refractivity contribution is 7.90. The van der Waals surface area contributed by atoms with E-state index in [4.69, 9.17) is 0 Å². The summed E-state index contributed by atoms with van der Waals surface area (Å²) in [4.78, 5) is 26.3. The van der Waals surface area contributed by atoms with E-state index in [1.54, 1.807) is 12.1 Å². The third kappa shape index (κ3) is 4.71. The predicted molar refractivity (Wildman–Crippen MR) is 97.3 cm³/mol. The van der Waals surface area contributed by atoms with Gasteiger partial charge in [-0.3, -0.25) is 9.59 Å². The molecule has 0 bridgehead atoms. The maximum atomic E-state index is 12.4. The number of amides is 2. The van der Waals surface area contributed by atoms with Crippen molar-refractivity contribution < 1.29 is 18.0 Å². The maximum Gasteiger partial charge on any atom is 0.269 e. The van der Waals surface area contributed by atoms with Crippen LogP contribution in [-0.2, 0) is 14.8 Å². The van der Waals surface area contributed by atoms with Crippen LogP contribution in [0.4, 0.5) is 0 Å². The number of likely N-dealkylation sites (N-methyl/N-ethyl adjacent to an activating group) is 1. The largest absolute Gasteiger partial charge is 0.355 e. The number of nitrogens with zero attached hydrogens (tertiary/aromatic N) is 2. The van der Waals surface area contributed by atoms with Crippen LogP contribution in [0.25, 0.3) is 0 Å². The zero-order valence-electron chi connectivity index (χ0n) is 14.4. The number of hydrogen-bond acceptors (Lipinski definition) is 5. The second-order valence-corrected chi connectivity index (χ2v) is 7.34. The number of carbonyl (C=O) groups is 2. The predicted octanol–water partition coefficient (Wildman–Crippen LogP) is 1.10. The molecular weight excluding hydrogens is 366 g/mol. The zero-order chi connectivity index (χ0) is 17.7. The Hall–Kier alpha value is -1.64. The van der Waals surface area contributed by atoms with E-state index in [1.165, 1.54) is 12.1 Å². The number of rotatable bonds is 8. The standard InChI is InChI=1S/C16H23N3O4S.ClH/c1-3-18(4-2)12-10-17-15(20)9-11-19-16(21)13-7-5-6-8-14(13)24(19,22)23;/h5-8H,3-4,9-12H2,1-2H3,(H,17,20);1H. The van der Waals surface area contributed by atoms with Gasteiger partial charge in [-0.2, -0.15) is 0 Å². The Bertz CT molecular complexity index is 720. The lowest BCUT2D eigenvalue weighted by molar-refractivity contribution is -0.121. The molecule has 0 aliphatic carbocycles. The van der Waals surface area contributed by atoms with Gasteiger partial charge < -0.3 is 10.2 Å².